The molecule has 7 heteroatoms. The first-order valence-electron chi connectivity index (χ1n) is 6.42. The predicted molar refractivity (Wildman–Crippen MR) is 72.5 cm³/mol. The van der Waals surface area contributed by atoms with Crippen molar-refractivity contribution in [3.05, 3.63) is 48.0 Å². The van der Waals surface area contributed by atoms with Crippen LogP contribution in [0.4, 0.5) is 24.8 Å². The van der Waals surface area contributed by atoms with Crippen LogP contribution in [-0.4, -0.2) is 22.4 Å². The van der Waals surface area contributed by atoms with Crippen molar-refractivity contribution in [2.45, 2.75) is 18.4 Å². The van der Waals surface area contributed by atoms with Gasteiger partial charge in [-0.15, -0.1) is 0 Å². The van der Waals surface area contributed by atoms with Crippen LogP contribution in [0, 0.1) is 5.82 Å². The van der Waals surface area contributed by atoms with Crippen molar-refractivity contribution < 1.29 is 13.2 Å². The lowest BCUT2D eigenvalue weighted by molar-refractivity contribution is 0.0222. The van der Waals surface area contributed by atoms with Gasteiger partial charge in [0, 0.05) is 6.42 Å². The van der Waals surface area contributed by atoms with Crippen LogP contribution in [-0.2, 0) is 0 Å². The highest BCUT2D eigenvalue weighted by Crippen LogP contribution is 2.42. The molecule has 2 aromatic rings. The Hall–Kier alpha value is -2.31. The molecule has 0 radical (unpaired) electrons. The summed E-state index contributed by atoms with van der Waals surface area (Å²) in [5.74, 6) is -3.17. The van der Waals surface area contributed by atoms with Gasteiger partial charge in [-0.25, -0.2) is 23.1 Å². The number of nitrogen functional groups attached to an aromatic ring is 1. The van der Waals surface area contributed by atoms with Gasteiger partial charge in [-0.05, 0) is 17.7 Å². The van der Waals surface area contributed by atoms with Crippen LogP contribution < -0.4 is 10.6 Å². The number of benzene rings is 1. The molecule has 1 saturated heterocycles. The van der Waals surface area contributed by atoms with Crippen molar-refractivity contribution in [1.82, 2.24) is 9.97 Å². The van der Waals surface area contributed by atoms with Crippen molar-refractivity contribution in [2.75, 3.05) is 17.2 Å². The molecule has 0 bridgehead atoms. The fraction of sp³-hybridized carbons (Fsp3) is 0.286. The molecular weight excluding hydrogens is 281 g/mol. The molecule has 1 unspecified atom stereocenters. The first-order valence-corrected chi connectivity index (χ1v) is 6.42. The molecule has 1 aromatic carbocycles. The van der Waals surface area contributed by atoms with Gasteiger partial charge >= 0.3 is 0 Å². The Morgan fingerprint density at radius 3 is 2.62 bits per heavy atom. The van der Waals surface area contributed by atoms with Gasteiger partial charge in [0.25, 0.3) is 5.92 Å². The van der Waals surface area contributed by atoms with E-state index in [0.717, 1.165) is 0 Å². The monoisotopic (exact) mass is 294 g/mol. The predicted octanol–water partition coefficient (Wildman–Crippen LogP) is 2.78. The molecule has 1 aliphatic heterocycles. The Kier molecular flexibility index (Phi) is 3.19. The first kappa shape index (κ1) is 13.7. The van der Waals surface area contributed by atoms with Gasteiger partial charge in [-0.3, -0.25) is 0 Å². The van der Waals surface area contributed by atoms with Crippen molar-refractivity contribution in [2.24, 2.45) is 0 Å². The topological polar surface area (TPSA) is 55.0 Å². The molecule has 0 aliphatic carbocycles. The second-order valence-corrected chi connectivity index (χ2v) is 5.08. The minimum atomic E-state index is -2.87. The number of hydrogen-bond acceptors (Lipinski definition) is 4. The van der Waals surface area contributed by atoms with E-state index in [2.05, 4.69) is 9.97 Å². The van der Waals surface area contributed by atoms with Crippen LogP contribution in [0.5, 0.6) is 0 Å². The zero-order valence-electron chi connectivity index (χ0n) is 11.0. The highest BCUT2D eigenvalue weighted by Gasteiger charge is 2.46. The molecule has 110 valence electrons. The van der Waals surface area contributed by atoms with Crippen molar-refractivity contribution in [3.63, 3.8) is 0 Å². The van der Waals surface area contributed by atoms with E-state index in [1.54, 1.807) is 6.07 Å². The molecule has 2 N–H and O–H groups in total. The summed E-state index contributed by atoms with van der Waals surface area (Å²) in [4.78, 5) is 9.36. The smallest absolute Gasteiger partial charge is 0.267 e. The lowest BCUT2D eigenvalue weighted by Gasteiger charge is -2.24. The maximum atomic E-state index is 13.8. The van der Waals surface area contributed by atoms with E-state index in [1.807, 2.05) is 0 Å². The van der Waals surface area contributed by atoms with Crippen LogP contribution >= 0.6 is 0 Å². The van der Waals surface area contributed by atoms with E-state index in [9.17, 15) is 13.2 Å². The molecular formula is C14H13F3N4. The number of alkyl halides is 2. The van der Waals surface area contributed by atoms with Crippen LogP contribution in [0.2, 0.25) is 0 Å². The van der Waals surface area contributed by atoms with Crippen molar-refractivity contribution in [3.8, 4) is 0 Å². The van der Waals surface area contributed by atoms with Gasteiger partial charge < -0.3 is 10.6 Å². The molecule has 1 atom stereocenters. The van der Waals surface area contributed by atoms with Gasteiger partial charge in [-0.2, -0.15) is 0 Å². The first-order chi connectivity index (χ1) is 9.94. The van der Waals surface area contributed by atoms with E-state index >= 15 is 0 Å². The van der Waals surface area contributed by atoms with E-state index in [1.165, 1.54) is 35.5 Å². The molecule has 0 amide bonds. The normalized spacial score (nSPS) is 20.7. The Morgan fingerprint density at radius 2 is 1.95 bits per heavy atom. The SMILES string of the molecule is Nc1cnc(N2CC(F)(F)CC2c2cccc(F)c2)nc1. The lowest BCUT2D eigenvalue weighted by atomic mass is 10.0. The summed E-state index contributed by atoms with van der Waals surface area (Å²) in [5.41, 5.74) is 6.34. The van der Waals surface area contributed by atoms with Gasteiger partial charge in [0.1, 0.15) is 5.82 Å². The molecule has 3 rings (SSSR count). The highest BCUT2D eigenvalue weighted by molar-refractivity contribution is 5.43. The number of hydrogen-bond donors (Lipinski definition) is 1. The molecule has 1 aliphatic rings. The molecule has 21 heavy (non-hydrogen) atoms. The number of aromatic nitrogens is 2. The third-order valence-electron chi connectivity index (χ3n) is 3.42. The summed E-state index contributed by atoms with van der Waals surface area (Å²) in [6.07, 6.45) is 2.33. The van der Waals surface area contributed by atoms with Crippen molar-refractivity contribution in [1.29, 1.82) is 0 Å². The molecule has 2 heterocycles. The fourth-order valence-electron chi connectivity index (χ4n) is 2.52. The average molecular weight is 294 g/mol. The second-order valence-electron chi connectivity index (χ2n) is 5.08. The van der Waals surface area contributed by atoms with Gasteiger partial charge in [0.05, 0.1) is 30.7 Å². The Morgan fingerprint density at radius 1 is 1.24 bits per heavy atom. The van der Waals surface area contributed by atoms with E-state index in [4.69, 9.17) is 5.73 Å². The second kappa shape index (κ2) is 4.91. The maximum absolute atomic E-state index is 13.8. The summed E-state index contributed by atoms with van der Waals surface area (Å²) in [6.45, 7) is -0.502. The summed E-state index contributed by atoms with van der Waals surface area (Å²) >= 11 is 0. The number of nitrogens with two attached hydrogens (primary N) is 1. The summed E-state index contributed by atoms with van der Waals surface area (Å²) < 4.78 is 40.9. The number of rotatable bonds is 2. The molecule has 1 aromatic heterocycles. The number of nitrogens with zero attached hydrogens (tertiary/aromatic N) is 3. The fourth-order valence-corrected chi connectivity index (χ4v) is 2.52. The largest absolute Gasteiger partial charge is 0.396 e. The quantitative estimate of drug-likeness (QED) is 0.925. The Balaban J connectivity index is 1.98. The Bertz CT molecular complexity index is 645. The summed E-state index contributed by atoms with van der Waals surface area (Å²) in [5, 5.41) is 0. The van der Waals surface area contributed by atoms with E-state index in [0.29, 0.717) is 11.3 Å². The van der Waals surface area contributed by atoms with Crippen LogP contribution in [0.1, 0.15) is 18.0 Å². The number of anilines is 2. The third-order valence-corrected chi connectivity index (χ3v) is 3.42. The highest BCUT2D eigenvalue weighted by atomic mass is 19.3. The summed E-state index contributed by atoms with van der Waals surface area (Å²) in [7, 11) is 0. The Labute approximate surface area is 119 Å². The van der Waals surface area contributed by atoms with Crippen LogP contribution in [0.3, 0.4) is 0 Å². The van der Waals surface area contributed by atoms with Gasteiger partial charge in [0.15, 0.2) is 0 Å². The third kappa shape index (κ3) is 2.76. The number of halogens is 3. The van der Waals surface area contributed by atoms with Crippen molar-refractivity contribution >= 4 is 11.6 Å². The molecule has 1 fully saturated rings. The zero-order valence-corrected chi connectivity index (χ0v) is 11.0. The lowest BCUT2D eigenvalue weighted by Crippen LogP contribution is -2.28. The average Bonchev–Trinajstić information content (AvgIpc) is 2.76. The van der Waals surface area contributed by atoms with Crippen LogP contribution in [0.25, 0.3) is 0 Å². The maximum Gasteiger partial charge on any atom is 0.267 e. The van der Waals surface area contributed by atoms with Gasteiger partial charge in [-0.1, -0.05) is 12.1 Å². The van der Waals surface area contributed by atoms with E-state index in [-0.39, 0.29) is 5.95 Å². The molecule has 0 saturated carbocycles. The minimum Gasteiger partial charge on any atom is -0.396 e. The summed E-state index contributed by atoms with van der Waals surface area (Å²) in [6, 6.07) is 5.00. The van der Waals surface area contributed by atoms with Gasteiger partial charge in [0.2, 0.25) is 5.95 Å². The molecule has 4 nitrogen and oxygen atoms in total. The van der Waals surface area contributed by atoms with Crippen LogP contribution in [0.15, 0.2) is 36.7 Å². The van der Waals surface area contributed by atoms with E-state index < -0.39 is 30.7 Å². The minimum absolute atomic E-state index is 0.163. The standard InChI is InChI=1S/C14H13F3N4/c15-10-3-1-2-9(4-10)12-5-14(16,17)8-21(12)13-19-6-11(18)7-20-13/h1-4,6-7,12H,5,8,18H2. The molecule has 0 spiro atoms. The zero-order chi connectivity index (χ0) is 15.0.